The van der Waals surface area contributed by atoms with Crippen molar-refractivity contribution in [3.05, 3.63) is 119 Å². The number of hydrogen-bond donors (Lipinski definition) is 4. The van der Waals surface area contributed by atoms with E-state index in [9.17, 15) is 4.79 Å². The maximum Gasteiger partial charge on any atom is 0.303 e. The van der Waals surface area contributed by atoms with Gasteiger partial charge in [-0.3, -0.25) is 19.7 Å². The van der Waals surface area contributed by atoms with Gasteiger partial charge in [0.25, 0.3) is 0 Å². The molecule has 9 nitrogen and oxygen atoms in total. The highest BCUT2D eigenvalue weighted by Crippen LogP contribution is 2.35. The molecule has 0 fully saturated rings. The number of anilines is 2. The molecule has 0 aliphatic rings. The highest BCUT2D eigenvalue weighted by atomic mass is 16.4. The van der Waals surface area contributed by atoms with Crippen LogP contribution in [0.4, 0.5) is 11.5 Å². The summed E-state index contributed by atoms with van der Waals surface area (Å²) in [6.45, 7) is 5.58. The van der Waals surface area contributed by atoms with E-state index in [4.69, 9.17) is 25.2 Å². The van der Waals surface area contributed by atoms with Crippen molar-refractivity contribution >= 4 is 39.3 Å². The Hall–Kier alpha value is -5.25. The summed E-state index contributed by atoms with van der Waals surface area (Å²) in [5.74, 6) is -0.112. The zero-order valence-corrected chi connectivity index (χ0v) is 26.6. The van der Waals surface area contributed by atoms with Crippen molar-refractivity contribution in [3.63, 3.8) is 0 Å². The van der Waals surface area contributed by atoms with Gasteiger partial charge < -0.3 is 20.8 Å². The van der Waals surface area contributed by atoms with Gasteiger partial charge in [0.15, 0.2) is 5.82 Å². The lowest BCUT2D eigenvalue weighted by atomic mass is 9.91. The first kappa shape index (κ1) is 31.7. The largest absolute Gasteiger partial charge is 0.481 e. The van der Waals surface area contributed by atoms with Gasteiger partial charge in [0.1, 0.15) is 5.52 Å². The molecule has 0 radical (unpaired) electrons. The van der Waals surface area contributed by atoms with E-state index in [1.807, 2.05) is 30.7 Å². The predicted molar refractivity (Wildman–Crippen MR) is 186 cm³/mol. The first-order chi connectivity index (χ1) is 22.9. The predicted octanol–water partition coefficient (Wildman–Crippen LogP) is 6.68. The molecule has 0 saturated heterocycles. The number of benzene rings is 2. The minimum atomic E-state index is -0.785. The maximum atomic E-state index is 10.9. The lowest BCUT2D eigenvalue weighted by Gasteiger charge is -2.17. The molecule has 0 spiro atoms. The highest BCUT2D eigenvalue weighted by molar-refractivity contribution is 5.91. The van der Waals surface area contributed by atoms with Crippen molar-refractivity contribution in [3.8, 4) is 11.1 Å². The minimum Gasteiger partial charge on any atom is -0.481 e. The Labute approximate surface area is 273 Å². The first-order valence-electron chi connectivity index (χ1n) is 15.9. The first-order valence-corrected chi connectivity index (χ1v) is 15.9. The topological polar surface area (TPSA) is 133 Å². The number of nitrogens with one attached hydrogen (secondary N) is 2. The number of pyridine rings is 4. The third kappa shape index (κ3) is 7.27. The smallest absolute Gasteiger partial charge is 0.303 e. The average molecular weight is 627 g/mol. The zero-order chi connectivity index (χ0) is 32.8. The summed E-state index contributed by atoms with van der Waals surface area (Å²) in [4.78, 5) is 29.7. The van der Waals surface area contributed by atoms with E-state index < -0.39 is 5.97 Å². The Morgan fingerprint density at radius 3 is 2.32 bits per heavy atom. The summed E-state index contributed by atoms with van der Waals surface area (Å²) in [6, 6.07) is 20.8. The number of aliphatic carboxylic acids is 1. The molecule has 0 unspecified atom stereocenters. The molecular weight excluding hydrogens is 588 g/mol. The third-order valence-corrected chi connectivity index (χ3v) is 8.54. The second-order valence-corrected chi connectivity index (χ2v) is 11.8. The fourth-order valence-electron chi connectivity index (χ4n) is 6.02. The van der Waals surface area contributed by atoms with E-state index in [2.05, 4.69) is 78.0 Å². The number of carbonyl (C=O) groups is 1. The molecule has 238 valence electrons. The van der Waals surface area contributed by atoms with Crippen LogP contribution in [0.2, 0.25) is 0 Å². The number of rotatable bonds is 13. The van der Waals surface area contributed by atoms with Crippen LogP contribution in [0.1, 0.15) is 46.4 Å². The van der Waals surface area contributed by atoms with E-state index in [1.165, 1.54) is 11.1 Å². The van der Waals surface area contributed by atoms with Gasteiger partial charge in [-0.25, -0.2) is 4.98 Å². The number of aliphatic hydroxyl groups excluding tert-OH is 1. The quantitative estimate of drug-likeness (QED) is 0.104. The molecule has 4 aromatic heterocycles. The van der Waals surface area contributed by atoms with Gasteiger partial charge in [0.2, 0.25) is 0 Å². The van der Waals surface area contributed by atoms with Gasteiger partial charge in [-0.1, -0.05) is 30.3 Å². The standard InChI is InChI=1S/C38H38N6O3/c1-24-28(20-34-36-29(12-14-40-34)19-27(23-42-36)21-39-16-17-45)7-4-8-31(24)32-9-5-10-33(25(32)2)44-38-37-30(13-15-41-38)18-26(22-43-37)6-3-11-35(46)47/h4-5,7-10,12-15,18-19,22-23,39,45H,3,6,11,16-17,20-21H2,1-2H3,(H,41,44)(H,46,47). The number of fused-ring (bicyclic) bond motifs is 2. The Balaban J connectivity index is 1.25. The Bertz CT molecular complexity index is 2060. The number of aliphatic hydroxyl groups is 1. The number of carboxylic acids is 1. The van der Waals surface area contributed by atoms with Gasteiger partial charge in [0, 0.05) is 67.2 Å². The normalized spacial score (nSPS) is 11.3. The summed E-state index contributed by atoms with van der Waals surface area (Å²) in [6.07, 6.45) is 9.35. The van der Waals surface area contributed by atoms with Crippen LogP contribution in [0.3, 0.4) is 0 Å². The van der Waals surface area contributed by atoms with Crippen LogP contribution in [-0.4, -0.2) is 49.3 Å². The minimum absolute atomic E-state index is 0.105. The van der Waals surface area contributed by atoms with Crippen LogP contribution in [0.25, 0.3) is 32.9 Å². The summed E-state index contributed by atoms with van der Waals surface area (Å²) >= 11 is 0. The Morgan fingerprint density at radius 2 is 1.51 bits per heavy atom. The van der Waals surface area contributed by atoms with E-state index in [0.717, 1.165) is 61.0 Å². The fraction of sp³-hybridized carbons (Fsp3) is 0.237. The van der Waals surface area contributed by atoms with E-state index in [1.54, 1.807) is 6.20 Å². The lowest BCUT2D eigenvalue weighted by Crippen LogP contribution is -2.17. The Morgan fingerprint density at radius 1 is 0.809 bits per heavy atom. The molecule has 2 aromatic carbocycles. The molecule has 0 aliphatic carbocycles. The monoisotopic (exact) mass is 626 g/mol. The lowest BCUT2D eigenvalue weighted by molar-refractivity contribution is -0.137. The molecule has 0 bridgehead atoms. The van der Waals surface area contributed by atoms with Gasteiger partial charge >= 0.3 is 5.97 Å². The van der Waals surface area contributed by atoms with E-state index >= 15 is 0 Å². The van der Waals surface area contributed by atoms with Crippen molar-refractivity contribution in [1.29, 1.82) is 0 Å². The number of hydrogen-bond acceptors (Lipinski definition) is 8. The van der Waals surface area contributed by atoms with Crippen LogP contribution in [0.5, 0.6) is 0 Å². The SMILES string of the molecule is Cc1c(Cc2nccc3cc(CNCCO)cnc23)cccc1-c1cccc(Nc2nccc3cc(CCCC(=O)O)cnc23)c1C. The van der Waals surface area contributed by atoms with Gasteiger partial charge in [0.05, 0.1) is 17.8 Å². The second-order valence-electron chi connectivity index (χ2n) is 11.8. The molecule has 6 rings (SSSR count). The molecule has 9 heteroatoms. The second kappa shape index (κ2) is 14.5. The van der Waals surface area contributed by atoms with Gasteiger partial charge in [-0.2, -0.15) is 0 Å². The van der Waals surface area contributed by atoms with Crippen LogP contribution in [0, 0.1) is 13.8 Å². The zero-order valence-electron chi connectivity index (χ0n) is 26.6. The maximum absolute atomic E-state index is 10.9. The third-order valence-electron chi connectivity index (χ3n) is 8.54. The molecule has 4 heterocycles. The number of carboxylic acid groups (broad SMARTS) is 1. The summed E-state index contributed by atoms with van der Waals surface area (Å²) in [5.41, 5.74) is 11.4. The van der Waals surface area contributed by atoms with Crippen molar-refractivity contribution in [1.82, 2.24) is 25.3 Å². The molecule has 0 atom stereocenters. The van der Waals surface area contributed by atoms with Crippen LogP contribution in [-0.2, 0) is 24.2 Å². The Kier molecular flexibility index (Phi) is 9.75. The molecule has 0 amide bonds. The van der Waals surface area contributed by atoms with Gasteiger partial charge in [-0.05, 0) is 96.0 Å². The molecule has 0 aliphatic heterocycles. The molecule has 6 aromatic rings. The van der Waals surface area contributed by atoms with Crippen molar-refractivity contribution in [2.75, 3.05) is 18.5 Å². The van der Waals surface area contributed by atoms with Crippen LogP contribution < -0.4 is 10.6 Å². The van der Waals surface area contributed by atoms with E-state index in [0.29, 0.717) is 38.2 Å². The fourth-order valence-corrected chi connectivity index (χ4v) is 6.02. The summed E-state index contributed by atoms with van der Waals surface area (Å²) < 4.78 is 0. The van der Waals surface area contributed by atoms with Crippen LogP contribution >= 0.6 is 0 Å². The molecular formula is C38H38N6O3. The number of nitrogens with zero attached hydrogens (tertiary/aromatic N) is 4. The van der Waals surface area contributed by atoms with Crippen LogP contribution in [0.15, 0.2) is 85.5 Å². The van der Waals surface area contributed by atoms with Crippen molar-refractivity contribution in [2.45, 2.75) is 46.1 Å². The van der Waals surface area contributed by atoms with Crippen molar-refractivity contribution < 1.29 is 15.0 Å². The molecule has 47 heavy (non-hydrogen) atoms. The molecule has 0 saturated carbocycles. The van der Waals surface area contributed by atoms with E-state index in [-0.39, 0.29) is 13.0 Å². The highest BCUT2D eigenvalue weighted by Gasteiger charge is 2.15. The molecule has 4 N–H and O–H groups in total. The average Bonchev–Trinajstić information content (AvgIpc) is 3.07. The number of aromatic nitrogens is 4. The summed E-state index contributed by atoms with van der Waals surface area (Å²) in [5, 5.41) is 26.8. The summed E-state index contributed by atoms with van der Waals surface area (Å²) in [7, 11) is 0. The van der Waals surface area contributed by atoms with Crippen molar-refractivity contribution in [2.24, 2.45) is 0 Å². The van der Waals surface area contributed by atoms with Gasteiger partial charge in [-0.15, -0.1) is 0 Å². The number of aryl methyl sites for hydroxylation is 1.